The molecule has 4 rings (SSSR count). The maximum Gasteiger partial charge on any atom is 0.292 e. The van der Waals surface area contributed by atoms with Crippen LogP contribution in [-0.2, 0) is 16.0 Å². The Hall–Kier alpha value is -3.03. The van der Waals surface area contributed by atoms with Crippen molar-refractivity contribution in [3.63, 3.8) is 0 Å². The first-order valence-corrected chi connectivity index (χ1v) is 14.0. The monoisotopic (exact) mass is 522 g/mol. The van der Waals surface area contributed by atoms with Gasteiger partial charge in [-0.1, -0.05) is 93.3 Å². The number of allylic oxidation sites excluding steroid dienone is 1. The van der Waals surface area contributed by atoms with Crippen molar-refractivity contribution in [2.75, 3.05) is 14.2 Å². The van der Waals surface area contributed by atoms with E-state index in [1.807, 2.05) is 24.3 Å². The Kier molecular flexibility index (Phi) is 13.2. The van der Waals surface area contributed by atoms with Crippen LogP contribution in [0.15, 0.2) is 73.0 Å². The molecule has 1 unspecified atom stereocenters. The summed E-state index contributed by atoms with van der Waals surface area (Å²) in [6, 6.07) is 16.9. The van der Waals surface area contributed by atoms with E-state index in [2.05, 4.69) is 61.7 Å². The average molecular weight is 523 g/mol. The van der Waals surface area contributed by atoms with E-state index in [0.29, 0.717) is 17.3 Å². The smallest absolute Gasteiger partial charge is 0.292 e. The van der Waals surface area contributed by atoms with E-state index >= 15 is 0 Å². The molecule has 0 heterocycles. The van der Waals surface area contributed by atoms with Gasteiger partial charge in [-0.2, -0.15) is 0 Å². The van der Waals surface area contributed by atoms with Gasteiger partial charge in [0.2, 0.25) is 0 Å². The van der Waals surface area contributed by atoms with Crippen LogP contribution in [0.3, 0.4) is 0 Å². The van der Waals surface area contributed by atoms with Crippen LogP contribution in [0.25, 0.3) is 6.08 Å². The molecule has 2 aliphatic carbocycles. The first kappa shape index (κ1) is 31.2. The summed E-state index contributed by atoms with van der Waals surface area (Å²) in [6.07, 6.45) is 17.2. The predicted molar refractivity (Wildman–Crippen MR) is 167 cm³/mol. The zero-order valence-corrected chi connectivity index (χ0v) is 24.2. The molecular weight excluding hydrogens is 468 g/mol. The van der Waals surface area contributed by atoms with Gasteiger partial charge < -0.3 is 9.47 Å². The number of ether oxygens (including phenoxy) is 2. The van der Waals surface area contributed by atoms with Gasteiger partial charge in [0.05, 0.1) is 14.2 Å². The van der Waals surface area contributed by atoms with Crippen molar-refractivity contribution in [3.05, 3.63) is 89.7 Å². The second-order valence-corrected chi connectivity index (χ2v) is 11.0. The Labute approximate surface area is 236 Å². The highest BCUT2D eigenvalue weighted by Gasteiger charge is 2.48. The molecule has 0 amide bonds. The topological polar surface area (TPSA) is 35.5 Å². The van der Waals surface area contributed by atoms with Crippen molar-refractivity contribution in [1.29, 1.82) is 0 Å². The summed E-state index contributed by atoms with van der Waals surface area (Å²) in [5, 5.41) is 0. The third-order valence-electron chi connectivity index (χ3n) is 8.43. The molecule has 3 nitrogen and oxygen atoms in total. The van der Waals surface area contributed by atoms with Crippen molar-refractivity contribution in [2.24, 2.45) is 10.8 Å². The Balaban J connectivity index is 0. The second-order valence-electron chi connectivity index (χ2n) is 11.0. The van der Waals surface area contributed by atoms with E-state index in [-0.39, 0.29) is 4.28 Å². The fourth-order valence-corrected chi connectivity index (χ4v) is 6.11. The number of benzene rings is 2. The van der Waals surface area contributed by atoms with Crippen LogP contribution in [0.5, 0.6) is 5.75 Å². The van der Waals surface area contributed by atoms with Crippen molar-refractivity contribution in [1.82, 2.24) is 0 Å². The molecule has 212 valence electrons. The molecule has 38 heavy (non-hydrogen) atoms. The SMILES string of the molecule is C=C=C(C)C1(Cc2ccc(C)cc2)CCC2(CCCCCCC2)C1.C=Cc1ccc(OC)cc1.COC=O.[HH].[HH].[HH]. The Bertz CT molecular complexity index is 1040. The van der Waals surface area contributed by atoms with Crippen molar-refractivity contribution in [3.8, 4) is 5.75 Å². The maximum absolute atomic E-state index is 8.95. The maximum atomic E-state index is 8.95. The van der Waals surface area contributed by atoms with Crippen molar-refractivity contribution >= 4 is 12.5 Å². The minimum Gasteiger partial charge on any atom is -0.497 e. The zero-order valence-electron chi connectivity index (χ0n) is 24.2. The first-order chi connectivity index (χ1) is 18.4. The van der Waals surface area contributed by atoms with Crippen LogP contribution in [0.2, 0.25) is 0 Å². The minimum atomic E-state index is 0. The van der Waals surface area contributed by atoms with Gasteiger partial charge in [-0.25, -0.2) is 0 Å². The quantitative estimate of drug-likeness (QED) is 0.280. The summed E-state index contributed by atoms with van der Waals surface area (Å²) in [4.78, 5) is 8.95. The largest absolute Gasteiger partial charge is 0.497 e. The van der Waals surface area contributed by atoms with Gasteiger partial charge in [0, 0.05) is 9.69 Å². The van der Waals surface area contributed by atoms with Crippen LogP contribution in [0.4, 0.5) is 0 Å². The standard InChI is InChI=1S/C24H34.C9H10O.C2H4O2.3H2/c1-4-21(3)24(18-22-12-10-20(2)11-13-22)17-16-23(19-24)14-8-6-5-7-9-15-23;1-3-8-4-6-9(10-2)7-5-8;1-4-2-3;;;/h10-13H,1,5-9,14-19H2,2-3H3;3-7H,1H2,2H3;2H,1H3;3*1H. The average Bonchev–Trinajstić information content (AvgIpc) is 3.32. The summed E-state index contributed by atoms with van der Waals surface area (Å²) < 4.78 is 8.84. The highest BCUT2D eigenvalue weighted by Crippen LogP contribution is 2.59. The van der Waals surface area contributed by atoms with Crippen molar-refractivity contribution < 1.29 is 18.5 Å². The van der Waals surface area contributed by atoms with Crippen molar-refractivity contribution in [2.45, 2.75) is 84.5 Å². The fourth-order valence-electron chi connectivity index (χ4n) is 6.11. The molecule has 2 aliphatic rings. The van der Waals surface area contributed by atoms with Gasteiger partial charge in [-0.3, -0.25) is 4.79 Å². The third-order valence-corrected chi connectivity index (χ3v) is 8.43. The highest BCUT2D eigenvalue weighted by atomic mass is 16.5. The van der Waals surface area contributed by atoms with E-state index in [9.17, 15) is 0 Å². The number of rotatable bonds is 6. The molecule has 0 radical (unpaired) electrons. The second kappa shape index (κ2) is 16.0. The highest BCUT2D eigenvalue weighted by molar-refractivity contribution is 5.48. The third kappa shape index (κ3) is 9.37. The molecule has 0 bridgehead atoms. The van der Waals surface area contributed by atoms with Crippen LogP contribution in [0.1, 0.15) is 92.1 Å². The van der Waals surface area contributed by atoms with Gasteiger partial charge in [-0.05, 0) is 86.6 Å². The molecule has 3 heteroatoms. The molecule has 0 N–H and O–H groups in total. The lowest BCUT2D eigenvalue weighted by molar-refractivity contribution is -0.126. The van der Waals surface area contributed by atoms with Gasteiger partial charge in [-0.15, -0.1) is 5.73 Å². The lowest BCUT2D eigenvalue weighted by Crippen LogP contribution is -2.26. The Morgan fingerprint density at radius 2 is 1.53 bits per heavy atom. The molecule has 2 aromatic rings. The molecular formula is C35H54O3. The lowest BCUT2D eigenvalue weighted by atomic mass is 9.68. The van der Waals surface area contributed by atoms with Gasteiger partial charge >= 0.3 is 0 Å². The number of carbonyl (C=O) groups is 1. The molecule has 1 atom stereocenters. The van der Waals surface area contributed by atoms with Crippen LogP contribution in [-0.4, -0.2) is 20.7 Å². The summed E-state index contributed by atoms with van der Waals surface area (Å²) >= 11 is 0. The molecule has 2 fully saturated rings. The summed E-state index contributed by atoms with van der Waals surface area (Å²) in [5.74, 6) is 0.880. The van der Waals surface area contributed by atoms with Crippen LogP contribution < -0.4 is 4.74 Å². The summed E-state index contributed by atoms with van der Waals surface area (Å²) in [6.45, 7) is 12.5. The molecule has 2 aromatic carbocycles. The van der Waals surface area contributed by atoms with E-state index in [1.165, 1.54) is 94.4 Å². The Morgan fingerprint density at radius 3 is 2.03 bits per heavy atom. The van der Waals surface area contributed by atoms with E-state index in [4.69, 9.17) is 9.53 Å². The number of hydrogen-bond acceptors (Lipinski definition) is 3. The molecule has 1 spiro atoms. The van der Waals surface area contributed by atoms with Gasteiger partial charge in [0.25, 0.3) is 6.47 Å². The molecule has 0 aromatic heterocycles. The Morgan fingerprint density at radius 1 is 0.947 bits per heavy atom. The normalized spacial score (nSPS) is 19.7. The first-order valence-electron chi connectivity index (χ1n) is 14.0. The van der Waals surface area contributed by atoms with Gasteiger partial charge in [0.1, 0.15) is 5.75 Å². The lowest BCUT2D eigenvalue weighted by Gasteiger charge is -2.36. The number of carbonyl (C=O) groups excluding carboxylic acids is 1. The van der Waals surface area contributed by atoms with Gasteiger partial charge in [0.15, 0.2) is 0 Å². The summed E-state index contributed by atoms with van der Waals surface area (Å²) in [5.41, 5.74) is 9.55. The number of hydrogen-bond donors (Lipinski definition) is 0. The number of methoxy groups -OCH3 is 2. The van der Waals surface area contributed by atoms with Crippen LogP contribution in [0, 0.1) is 17.8 Å². The molecule has 0 saturated heterocycles. The molecule has 0 aliphatic heterocycles. The number of aryl methyl sites for hydroxylation is 1. The minimum absolute atomic E-state index is 0. The van der Waals surface area contributed by atoms with E-state index < -0.39 is 0 Å². The summed E-state index contributed by atoms with van der Waals surface area (Å²) in [7, 11) is 2.97. The predicted octanol–water partition coefficient (Wildman–Crippen LogP) is 10.0. The molecule has 2 saturated carbocycles. The fraction of sp³-hybridized carbons (Fsp3) is 0.486. The zero-order chi connectivity index (χ0) is 27.9. The van der Waals surface area contributed by atoms with E-state index in [1.54, 1.807) is 13.2 Å². The van der Waals surface area contributed by atoms with E-state index in [0.717, 1.165) is 11.3 Å². The van der Waals surface area contributed by atoms with Crippen LogP contribution >= 0.6 is 0 Å².